The van der Waals surface area contributed by atoms with E-state index in [2.05, 4.69) is 36.2 Å². The summed E-state index contributed by atoms with van der Waals surface area (Å²) in [7, 11) is 0. The van der Waals surface area contributed by atoms with Crippen LogP contribution in [0.25, 0.3) is 0 Å². The summed E-state index contributed by atoms with van der Waals surface area (Å²) >= 11 is 0. The molecule has 2 aromatic carbocycles. The van der Waals surface area contributed by atoms with Crippen molar-refractivity contribution in [2.75, 3.05) is 0 Å². The highest BCUT2D eigenvalue weighted by Crippen LogP contribution is 2.14. The standard InChI is InChI=1S/C21H21NO2/c1-2-17-5-7-19(8-6-17)16-24-20-11-9-18(10-12-20)14-22-15-21-4-3-13-23-21/h3-14H,2,15-16H2,1H3/b22-14-. The quantitative estimate of drug-likeness (QED) is 0.572. The van der Waals surface area contributed by atoms with E-state index in [4.69, 9.17) is 9.15 Å². The Kier molecular flexibility index (Phi) is 5.46. The molecule has 0 N–H and O–H groups in total. The number of benzene rings is 2. The number of nitrogens with zero attached hydrogens (tertiary/aromatic N) is 1. The van der Waals surface area contributed by atoms with Gasteiger partial charge in [-0.3, -0.25) is 4.99 Å². The summed E-state index contributed by atoms with van der Waals surface area (Å²) in [6.45, 7) is 3.29. The lowest BCUT2D eigenvalue weighted by atomic mass is 10.1. The van der Waals surface area contributed by atoms with Gasteiger partial charge in [0.05, 0.1) is 12.8 Å². The first-order valence-corrected chi connectivity index (χ1v) is 8.16. The lowest BCUT2D eigenvalue weighted by Crippen LogP contribution is -1.96. The van der Waals surface area contributed by atoms with Crippen LogP contribution in [0.2, 0.25) is 0 Å². The maximum atomic E-state index is 5.82. The topological polar surface area (TPSA) is 34.7 Å². The molecule has 3 aromatic rings. The molecule has 0 saturated heterocycles. The van der Waals surface area contributed by atoms with E-state index in [-0.39, 0.29) is 0 Å². The van der Waals surface area contributed by atoms with Crippen LogP contribution in [0.5, 0.6) is 5.75 Å². The molecule has 0 radical (unpaired) electrons. The Morgan fingerprint density at radius 2 is 1.71 bits per heavy atom. The molecule has 0 aliphatic rings. The summed E-state index contributed by atoms with van der Waals surface area (Å²) in [6, 6.07) is 20.3. The molecular weight excluding hydrogens is 298 g/mol. The fourth-order valence-electron chi connectivity index (χ4n) is 2.33. The first kappa shape index (κ1) is 16.1. The molecule has 3 nitrogen and oxygen atoms in total. The monoisotopic (exact) mass is 319 g/mol. The first-order valence-electron chi connectivity index (χ1n) is 8.16. The number of aliphatic imine (C=N–C) groups is 1. The number of aryl methyl sites for hydroxylation is 1. The summed E-state index contributed by atoms with van der Waals surface area (Å²) in [4.78, 5) is 4.36. The van der Waals surface area contributed by atoms with Gasteiger partial charge in [0.1, 0.15) is 18.1 Å². The van der Waals surface area contributed by atoms with Crippen molar-refractivity contribution in [1.82, 2.24) is 0 Å². The number of hydrogen-bond acceptors (Lipinski definition) is 3. The SMILES string of the molecule is CCc1ccc(COc2ccc(/C=N\Cc3ccco3)cc2)cc1. The Morgan fingerprint density at radius 1 is 0.958 bits per heavy atom. The first-order chi connectivity index (χ1) is 11.8. The lowest BCUT2D eigenvalue weighted by molar-refractivity contribution is 0.306. The minimum absolute atomic E-state index is 0.555. The van der Waals surface area contributed by atoms with Gasteiger partial charge in [0.2, 0.25) is 0 Å². The molecule has 122 valence electrons. The molecule has 0 unspecified atom stereocenters. The van der Waals surface area contributed by atoms with E-state index in [0.29, 0.717) is 13.2 Å². The predicted octanol–water partition coefficient (Wildman–Crippen LogP) is 5.04. The smallest absolute Gasteiger partial charge is 0.125 e. The Morgan fingerprint density at radius 3 is 2.38 bits per heavy atom. The van der Waals surface area contributed by atoms with E-state index in [0.717, 1.165) is 23.5 Å². The van der Waals surface area contributed by atoms with Gasteiger partial charge in [-0.1, -0.05) is 31.2 Å². The van der Waals surface area contributed by atoms with Crippen molar-refractivity contribution in [3.63, 3.8) is 0 Å². The average molecular weight is 319 g/mol. The van der Waals surface area contributed by atoms with Crippen molar-refractivity contribution in [3.05, 3.63) is 89.4 Å². The molecule has 1 aromatic heterocycles. The largest absolute Gasteiger partial charge is 0.489 e. The highest BCUT2D eigenvalue weighted by Gasteiger charge is 1.97. The summed E-state index contributed by atoms with van der Waals surface area (Å²) in [6.07, 6.45) is 4.56. The summed E-state index contributed by atoms with van der Waals surface area (Å²) < 4.78 is 11.1. The number of ether oxygens (including phenoxy) is 1. The molecule has 0 saturated carbocycles. The lowest BCUT2D eigenvalue weighted by Gasteiger charge is -2.07. The van der Waals surface area contributed by atoms with Crippen molar-refractivity contribution in [2.24, 2.45) is 4.99 Å². The molecule has 0 aliphatic carbocycles. The van der Waals surface area contributed by atoms with Gasteiger partial charge >= 0.3 is 0 Å². The Bertz CT molecular complexity index is 757. The third-order valence-corrected chi connectivity index (χ3v) is 3.78. The van der Waals surface area contributed by atoms with Crippen LogP contribution in [0.3, 0.4) is 0 Å². The molecule has 0 bridgehead atoms. The van der Waals surface area contributed by atoms with Gasteiger partial charge in [-0.25, -0.2) is 0 Å². The summed E-state index contributed by atoms with van der Waals surface area (Å²) in [5.41, 5.74) is 3.56. The highest BCUT2D eigenvalue weighted by atomic mass is 16.5. The van der Waals surface area contributed by atoms with Crippen LogP contribution in [-0.2, 0) is 19.6 Å². The Hall–Kier alpha value is -2.81. The third kappa shape index (κ3) is 4.59. The van der Waals surface area contributed by atoms with Gasteiger partial charge < -0.3 is 9.15 Å². The van der Waals surface area contributed by atoms with Crippen molar-refractivity contribution in [3.8, 4) is 5.75 Å². The van der Waals surface area contributed by atoms with Crippen molar-refractivity contribution < 1.29 is 9.15 Å². The van der Waals surface area contributed by atoms with Gasteiger partial charge in [-0.15, -0.1) is 0 Å². The molecule has 0 aliphatic heterocycles. The van der Waals surface area contributed by atoms with E-state index in [9.17, 15) is 0 Å². The zero-order valence-electron chi connectivity index (χ0n) is 13.8. The van der Waals surface area contributed by atoms with Crippen LogP contribution in [-0.4, -0.2) is 6.21 Å². The van der Waals surface area contributed by atoms with Gasteiger partial charge in [0, 0.05) is 6.21 Å². The van der Waals surface area contributed by atoms with Crippen molar-refractivity contribution in [1.29, 1.82) is 0 Å². The van der Waals surface area contributed by atoms with Crippen LogP contribution < -0.4 is 4.74 Å². The zero-order valence-corrected chi connectivity index (χ0v) is 13.8. The fraction of sp³-hybridized carbons (Fsp3) is 0.190. The molecule has 3 heteroatoms. The highest BCUT2D eigenvalue weighted by molar-refractivity contribution is 5.79. The van der Waals surface area contributed by atoms with E-state index < -0.39 is 0 Å². The van der Waals surface area contributed by atoms with Crippen LogP contribution in [0, 0.1) is 0 Å². The van der Waals surface area contributed by atoms with Crippen molar-refractivity contribution in [2.45, 2.75) is 26.5 Å². The second-order valence-electron chi connectivity index (χ2n) is 5.58. The minimum atomic E-state index is 0.555. The molecule has 24 heavy (non-hydrogen) atoms. The number of hydrogen-bond donors (Lipinski definition) is 0. The molecule has 0 atom stereocenters. The summed E-state index contributed by atoms with van der Waals surface area (Å²) in [5.74, 6) is 1.72. The van der Waals surface area contributed by atoms with Crippen LogP contribution in [0.4, 0.5) is 0 Å². The predicted molar refractivity (Wildman–Crippen MR) is 96.6 cm³/mol. The van der Waals surface area contributed by atoms with Crippen LogP contribution >= 0.6 is 0 Å². The van der Waals surface area contributed by atoms with Gasteiger partial charge in [0.15, 0.2) is 0 Å². The third-order valence-electron chi connectivity index (χ3n) is 3.78. The second-order valence-corrected chi connectivity index (χ2v) is 5.58. The maximum absolute atomic E-state index is 5.82. The zero-order chi connectivity index (χ0) is 16.6. The molecule has 3 rings (SSSR count). The molecule has 0 spiro atoms. The molecule has 0 amide bonds. The number of furan rings is 1. The normalized spacial score (nSPS) is 11.0. The van der Waals surface area contributed by atoms with E-state index in [1.54, 1.807) is 6.26 Å². The van der Waals surface area contributed by atoms with Crippen LogP contribution in [0.15, 0.2) is 76.3 Å². The van der Waals surface area contributed by atoms with E-state index in [1.807, 2.05) is 42.6 Å². The van der Waals surface area contributed by atoms with Crippen molar-refractivity contribution >= 4 is 6.21 Å². The molecule has 1 heterocycles. The maximum Gasteiger partial charge on any atom is 0.125 e. The van der Waals surface area contributed by atoms with E-state index >= 15 is 0 Å². The van der Waals surface area contributed by atoms with E-state index in [1.165, 1.54) is 11.1 Å². The molecular formula is C21H21NO2. The average Bonchev–Trinajstić information content (AvgIpc) is 3.15. The Labute approximate surface area is 142 Å². The summed E-state index contributed by atoms with van der Waals surface area (Å²) in [5, 5.41) is 0. The minimum Gasteiger partial charge on any atom is -0.489 e. The van der Waals surface area contributed by atoms with Gasteiger partial charge in [0.25, 0.3) is 0 Å². The molecule has 0 fully saturated rings. The van der Waals surface area contributed by atoms with Crippen LogP contribution in [0.1, 0.15) is 29.4 Å². The van der Waals surface area contributed by atoms with Gasteiger partial charge in [-0.05, 0) is 59.5 Å². The number of rotatable bonds is 7. The van der Waals surface area contributed by atoms with Gasteiger partial charge in [-0.2, -0.15) is 0 Å². The fourth-order valence-corrected chi connectivity index (χ4v) is 2.33. The second kappa shape index (κ2) is 8.16. The Balaban J connectivity index is 1.51.